The van der Waals surface area contributed by atoms with E-state index in [2.05, 4.69) is 20.6 Å². The van der Waals surface area contributed by atoms with Crippen molar-refractivity contribution in [2.45, 2.75) is 95.6 Å². The van der Waals surface area contributed by atoms with Gasteiger partial charge in [-0.3, -0.25) is 10.8 Å². The Morgan fingerprint density at radius 2 is 1.05 bits per heavy atom. The minimum Gasteiger partial charge on any atom is -0.367 e. The monoisotopic (exact) mass is 524 g/mol. The number of nitrogens with one attached hydrogen (secondary N) is 6. The molecule has 39 heavy (non-hydrogen) atoms. The molecule has 2 aromatic heterocycles. The minimum atomic E-state index is 0.398. The number of aromatic nitrogens is 4. The van der Waals surface area contributed by atoms with Crippen molar-refractivity contribution in [2.75, 3.05) is 0 Å². The van der Waals surface area contributed by atoms with Crippen LogP contribution in [0.3, 0.4) is 0 Å². The summed E-state index contributed by atoms with van der Waals surface area (Å²) in [5.41, 5.74) is 5.42. The van der Waals surface area contributed by atoms with E-state index in [1.807, 2.05) is 36.4 Å². The molecule has 0 atom stereocenters. The van der Waals surface area contributed by atoms with Gasteiger partial charge in [0.15, 0.2) is 0 Å². The van der Waals surface area contributed by atoms with E-state index in [-0.39, 0.29) is 0 Å². The van der Waals surface area contributed by atoms with Gasteiger partial charge in [0.05, 0.1) is 28.5 Å². The minimum absolute atomic E-state index is 0.398. The van der Waals surface area contributed by atoms with Crippen LogP contribution in [0.25, 0.3) is 22.1 Å². The molecule has 8 heteroatoms. The number of rotatable bonds is 6. The molecule has 0 spiro atoms. The first-order valence-corrected chi connectivity index (χ1v) is 14.8. The maximum Gasteiger partial charge on any atom is 0.125 e. The number of benzene rings is 2. The molecular weight excluding hydrogens is 484 g/mol. The van der Waals surface area contributed by atoms with Crippen molar-refractivity contribution < 1.29 is 0 Å². The van der Waals surface area contributed by atoms with E-state index < -0.39 is 0 Å². The molecule has 0 aliphatic heterocycles. The van der Waals surface area contributed by atoms with Crippen molar-refractivity contribution in [3.63, 3.8) is 0 Å². The van der Waals surface area contributed by atoms with Gasteiger partial charge in [-0.05, 0) is 62.1 Å². The summed E-state index contributed by atoms with van der Waals surface area (Å²) < 4.78 is 0. The summed E-state index contributed by atoms with van der Waals surface area (Å²) in [7, 11) is 0. The summed E-state index contributed by atoms with van der Waals surface area (Å²) in [6, 6.07) is 12.8. The number of fused-ring (bicyclic) bond motifs is 2. The average Bonchev–Trinajstić information content (AvgIpc) is 3.29. The second-order valence-electron chi connectivity index (χ2n) is 11.4. The zero-order valence-corrected chi connectivity index (χ0v) is 22.7. The van der Waals surface area contributed by atoms with Gasteiger partial charge >= 0.3 is 0 Å². The third-order valence-electron chi connectivity index (χ3n) is 8.38. The molecule has 0 saturated heterocycles. The van der Waals surface area contributed by atoms with E-state index in [1.165, 1.54) is 51.4 Å². The van der Waals surface area contributed by atoms with Gasteiger partial charge in [0, 0.05) is 23.2 Å². The van der Waals surface area contributed by atoms with Crippen LogP contribution in [0, 0.1) is 10.8 Å². The van der Waals surface area contributed by atoms with Gasteiger partial charge in [0.2, 0.25) is 0 Å². The molecule has 2 aliphatic rings. The SMILES string of the molecule is N=C(NC1CCCCCC1)c1ccc2[nH]c(Cc3nc4cc(C(=N)NC5CCCCCC5)ccc4[nH]3)nc2c1. The predicted octanol–water partition coefficient (Wildman–Crippen LogP) is 6.31. The van der Waals surface area contributed by atoms with Crippen molar-refractivity contribution in [3.05, 3.63) is 59.2 Å². The zero-order valence-electron chi connectivity index (χ0n) is 22.7. The van der Waals surface area contributed by atoms with Crippen LogP contribution in [0.5, 0.6) is 0 Å². The lowest BCUT2D eigenvalue weighted by Gasteiger charge is -2.18. The van der Waals surface area contributed by atoms with Gasteiger partial charge in [-0.2, -0.15) is 0 Å². The molecule has 0 bridgehead atoms. The van der Waals surface area contributed by atoms with Crippen LogP contribution in [-0.2, 0) is 6.42 Å². The van der Waals surface area contributed by atoms with Gasteiger partial charge < -0.3 is 20.6 Å². The summed E-state index contributed by atoms with van der Waals surface area (Å²) >= 11 is 0. The molecular formula is C31H40N8. The number of aromatic amines is 2. The first-order chi connectivity index (χ1) is 19.1. The first-order valence-electron chi connectivity index (χ1n) is 14.8. The highest BCUT2D eigenvalue weighted by atomic mass is 15.0. The number of hydrogen-bond acceptors (Lipinski definition) is 4. The number of nitrogens with zero attached hydrogens (tertiary/aromatic N) is 2. The van der Waals surface area contributed by atoms with Gasteiger partial charge in [0.1, 0.15) is 23.3 Å². The Kier molecular flexibility index (Phi) is 7.61. The molecule has 0 radical (unpaired) electrons. The van der Waals surface area contributed by atoms with Gasteiger partial charge in [-0.1, -0.05) is 51.4 Å². The maximum atomic E-state index is 8.61. The summed E-state index contributed by atoms with van der Waals surface area (Å²) in [5, 5.41) is 24.1. The van der Waals surface area contributed by atoms with Crippen LogP contribution < -0.4 is 10.6 Å². The highest BCUT2D eigenvalue weighted by Gasteiger charge is 2.17. The second kappa shape index (κ2) is 11.6. The predicted molar refractivity (Wildman–Crippen MR) is 158 cm³/mol. The Balaban J connectivity index is 1.13. The van der Waals surface area contributed by atoms with E-state index in [1.54, 1.807) is 0 Å². The summed E-state index contributed by atoms with van der Waals surface area (Å²) in [4.78, 5) is 16.5. The van der Waals surface area contributed by atoms with E-state index >= 15 is 0 Å². The second-order valence-corrected chi connectivity index (χ2v) is 11.4. The molecule has 0 amide bonds. The molecule has 4 aromatic rings. The van der Waals surface area contributed by atoms with Gasteiger partial charge in [-0.15, -0.1) is 0 Å². The Bertz CT molecular complexity index is 1340. The van der Waals surface area contributed by atoms with E-state index in [4.69, 9.17) is 20.8 Å². The fourth-order valence-corrected chi connectivity index (χ4v) is 6.18. The fourth-order valence-electron chi connectivity index (χ4n) is 6.18. The lowest BCUT2D eigenvalue weighted by molar-refractivity contribution is 0.532. The lowest BCUT2D eigenvalue weighted by Crippen LogP contribution is -2.34. The third-order valence-corrected chi connectivity index (χ3v) is 8.38. The Morgan fingerprint density at radius 3 is 1.46 bits per heavy atom. The third kappa shape index (κ3) is 6.15. The van der Waals surface area contributed by atoms with Crippen molar-refractivity contribution in [3.8, 4) is 0 Å². The summed E-state index contributed by atoms with van der Waals surface area (Å²) in [6.07, 6.45) is 15.4. The zero-order chi connectivity index (χ0) is 26.6. The Labute approximate surface area is 229 Å². The quantitative estimate of drug-likeness (QED) is 0.100. The van der Waals surface area contributed by atoms with Crippen LogP contribution in [0.1, 0.15) is 99.8 Å². The van der Waals surface area contributed by atoms with Gasteiger partial charge in [0.25, 0.3) is 0 Å². The topological polar surface area (TPSA) is 129 Å². The van der Waals surface area contributed by atoms with Crippen LogP contribution in [-0.4, -0.2) is 43.7 Å². The fraction of sp³-hybridized carbons (Fsp3) is 0.484. The molecule has 2 aromatic carbocycles. The number of amidine groups is 2. The van der Waals surface area contributed by atoms with Crippen LogP contribution in [0.2, 0.25) is 0 Å². The van der Waals surface area contributed by atoms with Crippen molar-refractivity contribution in [2.24, 2.45) is 0 Å². The molecule has 2 saturated carbocycles. The van der Waals surface area contributed by atoms with Crippen molar-refractivity contribution in [1.29, 1.82) is 10.8 Å². The largest absolute Gasteiger partial charge is 0.367 e. The molecule has 6 N–H and O–H groups in total. The molecule has 2 fully saturated rings. The number of imidazole rings is 2. The maximum absolute atomic E-state index is 8.61. The number of hydrogen-bond donors (Lipinski definition) is 6. The Hall–Kier alpha value is -3.68. The van der Waals surface area contributed by atoms with Crippen molar-refractivity contribution >= 4 is 33.7 Å². The molecule has 204 valence electrons. The summed E-state index contributed by atoms with van der Waals surface area (Å²) in [5.74, 6) is 2.65. The lowest BCUT2D eigenvalue weighted by atomic mass is 10.1. The smallest absolute Gasteiger partial charge is 0.125 e. The van der Waals surface area contributed by atoms with Crippen molar-refractivity contribution in [1.82, 2.24) is 30.6 Å². The highest BCUT2D eigenvalue weighted by Crippen LogP contribution is 2.21. The normalized spacial score (nSPS) is 17.6. The van der Waals surface area contributed by atoms with E-state index in [9.17, 15) is 0 Å². The molecule has 2 heterocycles. The molecule has 8 nitrogen and oxygen atoms in total. The van der Waals surface area contributed by atoms with Crippen LogP contribution in [0.15, 0.2) is 36.4 Å². The Morgan fingerprint density at radius 1 is 0.641 bits per heavy atom. The van der Waals surface area contributed by atoms with Crippen LogP contribution >= 0.6 is 0 Å². The van der Waals surface area contributed by atoms with E-state index in [0.29, 0.717) is 30.2 Å². The van der Waals surface area contributed by atoms with E-state index in [0.717, 1.165) is 70.5 Å². The highest BCUT2D eigenvalue weighted by molar-refractivity contribution is 6.00. The van der Waals surface area contributed by atoms with Gasteiger partial charge in [-0.25, -0.2) is 9.97 Å². The number of H-pyrrole nitrogens is 2. The standard InChI is InChI=1S/C31H40N8/c32-30(34-22-9-5-1-2-6-10-22)20-13-15-24-26(17-20)38-28(36-24)19-29-37-25-16-14-21(18-27(25)39-29)31(33)35-23-11-7-3-4-8-12-23/h13-18,22-23H,1-12,19H2,(H2,32,34)(H2,33,35)(H,36,38)(H,37,39). The first kappa shape index (κ1) is 25.6. The molecule has 2 aliphatic carbocycles. The van der Waals surface area contributed by atoms with Crippen LogP contribution in [0.4, 0.5) is 0 Å². The average molecular weight is 525 g/mol. The molecule has 0 unspecified atom stereocenters. The molecule has 6 rings (SSSR count). The summed E-state index contributed by atoms with van der Waals surface area (Å²) in [6.45, 7) is 0.